The van der Waals surface area contributed by atoms with E-state index >= 15 is 0 Å². The molecule has 0 fully saturated rings. The van der Waals surface area contributed by atoms with Crippen molar-refractivity contribution in [2.24, 2.45) is 0 Å². The molecule has 0 aliphatic carbocycles. The van der Waals surface area contributed by atoms with Crippen molar-refractivity contribution in [2.75, 3.05) is 11.9 Å². The summed E-state index contributed by atoms with van der Waals surface area (Å²) in [6.07, 6.45) is 1.34. The minimum atomic E-state index is -0.381. The minimum absolute atomic E-state index is 0.0966. The van der Waals surface area contributed by atoms with Crippen molar-refractivity contribution in [1.82, 2.24) is 15.3 Å². The van der Waals surface area contributed by atoms with Gasteiger partial charge in [-0.25, -0.2) is 14.4 Å². The van der Waals surface area contributed by atoms with Crippen LogP contribution in [-0.2, 0) is 6.54 Å². The first-order chi connectivity index (χ1) is 12.1. The van der Waals surface area contributed by atoms with E-state index in [9.17, 15) is 9.18 Å². The second-order valence-corrected chi connectivity index (χ2v) is 5.43. The molecule has 0 aliphatic rings. The molecule has 2 aromatic carbocycles. The number of aromatic nitrogens is 2. The van der Waals surface area contributed by atoms with Gasteiger partial charge in [-0.15, -0.1) is 0 Å². The van der Waals surface area contributed by atoms with Gasteiger partial charge in [0.1, 0.15) is 23.7 Å². The molecule has 0 radical (unpaired) electrons. The topological polar surface area (TPSA) is 58.1 Å². The van der Waals surface area contributed by atoms with Gasteiger partial charge in [-0.3, -0.25) is 4.79 Å². The highest BCUT2D eigenvalue weighted by Gasteiger charge is 2.12. The van der Waals surface area contributed by atoms with Gasteiger partial charge in [0.05, 0.1) is 0 Å². The lowest BCUT2D eigenvalue weighted by atomic mass is 10.2. The summed E-state index contributed by atoms with van der Waals surface area (Å²) in [7, 11) is 1.86. The average molecular weight is 336 g/mol. The van der Waals surface area contributed by atoms with Crippen LogP contribution in [0.5, 0.6) is 0 Å². The number of benzene rings is 2. The molecule has 3 aromatic rings. The number of carbonyl (C=O) groups excluding carboxylic acids is 1. The molecular weight excluding hydrogens is 319 g/mol. The summed E-state index contributed by atoms with van der Waals surface area (Å²) in [6, 6.07) is 17.6. The predicted molar refractivity (Wildman–Crippen MR) is 94.1 cm³/mol. The van der Waals surface area contributed by atoms with Crippen LogP contribution in [0.3, 0.4) is 0 Å². The van der Waals surface area contributed by atoms with E-state index in [1.54, 1.807) is 24.3 Å². The van der Waals surface area contributed by atoms with E-state index < -0.39 is 0 Å². The van der Waals surface area contributed by atoms with Gasteiger partial charge in [-0.1, -0.05) is 36.4 Å². The number of nitrogens with zero attached hydrogens (tertiary/aromatic N) is 3. The lowest BCUT2D eigenvalue weighted by molar-refractivity contribution is 0.0945. The molecule has 25 heavy (non-hydrogen) atoms. The van der Waals surface area contributed by atoms with Gasteiger partial charge >= 0.3 is 0 Å². The average Bonchev–Trinajstić information content (AvgIpc) is 2.67. The molecule has 1 aromatic heterocycles. The zero-order valence-electron chi connectivity index (χ0n) is 13.7. The molecule has 1 N–H and O–H groups in total. The van der Waals surface area contributed by atoms with E-state index in [0.29, 0.717) is 11.4 Å². The van der Waals surface area contributed by atoms with Crippen LogP contribution in [0.15, 0.2) is 67.0 Å². The summed E-state index contributed by atoms with van der Waals surface area (Å²) in [6.45, 7) is 0.0966. The summed E-state index contributed by atoms with van der Waals surface area (Å²) < 4.78 is 13.6. The fraction of sp³-hybridized carbons (Fsp3) is 0.105. The number of hydrogen-bond acceptors (Lipinski definition) is 4. The molecule has 0 unspecified atom stereocenters. The van der Waals surface area contributed by atoms with Crippen molar-refractivity contribution in [2.45, 2.75) is 6.54 Å². The number of nitrogens with one attached hydrogen (secondary N) is 1. The molecule has 0 aliphatic heterocycles. The number of anilines is 2. The normalized spacial score (nSPS) is 10.3. The van der Waals surface area contributed by atoms with Crippen molar-refractivity contribution >= 4 is 17.4 Å². The van der Waals surface area contributed by atoms with Crippen molar-refractivity contribution in [3.05, 3.63) is 84.1 Å². The molecule has 1 heterocycles. The number of carbonyl (C=O) groups is 1. The smallest absolute Gasteiger partial charge is 0.270 e. The Kier molecular flexibility index (Phi) is 4.99. The van der Waals surface area contributed by atoms with Crippen LogP contribution < -0.4 is 10.2 Å². The highest BCUT2D eigenvalue weighted by Crippen LogP contribution is 2.20. The van der Waals surface area contributed by atoms with Crippen molar-refractivity contribution in [3.63, 3.8) is 0 Å². The fourth-order valence-electron chi connectivity index (χ4n) is 2.35. The van der Waals surface area contributed by atoms with Gasteiger partial charge in [-0.2, -0.15) is 0 Å². The summed E-state index contributed by atoms with van der Waals surface area (Å²) in [4.78, 5) is 22.4. The lowest BCUT2D eigenvalue weighted by Gasteiger charge is -2.18. The predicted octanol–water partition coefficient (Wildman–Crippen LogP) is 3.31. The van der Waals surface area contributed by atoms with Crippen molar-refractivity contribution in [3.8, 4) is 0 Å². The molecule has 0 bridgehead atoms. The van der Waals surface area contributed by atoms with Gasteiger partial charge < -0.3 is 10.2 Å². The Hall–Kier alpha value is -3.28. The molecule has 0 atom stereocenters. The number of halogens is 1. The quantitative estimate of drug-likeness (QED) is 0.776. The van der Waals surface area contributed by atoms with Crippen molar-refractivity contribution < 1.29 is 9.18 Å². The van der Waals surface area contributed by atoms with E-state index in [2.05, 4.69) is 15.3 Å². The molecule has 0 spiro atoms. The van der Waals surface area contributed by atoms with E-state index in [-0.39, 0.29) is 24.0 Å². The first kappa shape index (κ1) is 16.6. The zero-order chi connectivity index (χ0) is 17.6. The highest BCUT2D eigenvalue weighted by atomic mass is 19.1. The molecular formula is C19H17FN4O. The van der Waals surface area contributed by atoms with Crippen LogP contribution in [0.4, 0.5) is 15.9 Å². The van der Waals surface area contributed by atoms with Crippen LogP contribution in [0.25, 0.3) is 0 Å². The van der Waals surface area contributed by atoms with Gasteiger partial charge in [0.15, 0.2) is 0 Å². The Morgan fingerprint density at radius 2 is 1.80 bits per heavy atom. The monoisotopic (exact) mass is 336 g/mol. The third kappa shape index (κ3) is 3.98. The van der Waals surface area contributed by atoms with E-state index in [0.717, 1.165) is 5.69 Å². The standard InChI is InChI=1S/C19H17FN4O/c1-24(15-8-3-2-4-9-15)18-11-17(22-13-23-18)19(25)21-12-14-7-5-6-10-16(14)20/h2-11,13H,12H2,1H3,(H,21,25). The first-order valence-corrected chi connectivity index (χ1v) is 7.77. The third-order valence-electron chi connectivity index (χ3n) is 3.77. The summed E-state index contributed by atoms with van der Waals surface area (Å²) in [5.74, 6) is -0.138. The van der Waals surface area contributed by atoms with Crippen molar-refractivity contribution in [1.29, 1.82) is 0 Å². The third-order valence-corrected chi connectivity index (χ3v) is 3.77. The second kappa shape index (κ2) is 7.53. The molecule has 5 nitrogen and oxygen atoms in total. The molecule has 126 valence electrons. The van der Waals surface area contributed by atoms with E-state index in [1.807, 2.05) is 42.3 Å². The molecule has 3 rings (SSSR count). The Labute approximate surface area is 145 Å². The van der Waals surface area contributed by atoms with Crippen LogP contribution in [0.1, 0.15) is 16.1 Å². The Morgan fingerprint density at radius 1 is 1.08 bits per heavy atom. The van der Waals surface area contributed by atoms with Gasteiger partial charge in [-0.05, 0) is 18.2 Å². The number of para-hydroxylation sites is 1. The zero-order valence-corrected chi connectivity index (χ0v) is 13.7. The maximum Gasteiger partial charge on any atom is 0.270 e. The van der Waals surface area contributed by atoms with Gasteiger partial charge in [0.2, 0.25) is 0 Å². The summed E-state index contributed by atoms with van der Waals surface area (Å²) in [5, 5.41) is 2.67. The molecule has 0 saturated carbocycles. The number of rotatable bonds is 5. The highest BCUT2D eigenvalue weighted by molar-refractivity contribution is 5.93. The van der Waals surface area contributed by atoms with Crippen LogP contribution in [0, 0.1) is 5.82 Å². The minimum Gasteiger partial charge on any atom is -0.347 e. The SMILES string of the molecule is CN(c1ccccc1)c1cc(C(=O)NCc2ccccc2F)ncn1. The Balaban J connectivity index is 1.72. The summed E-state index contributed by atoms with van der Waals surface area (Å²) in [5.41, 5.74) is 1.59. The van der Waals surface area contributed by atoms with Crippen LogP contribution >= 0.6 is 0 Å². The Bertz CT molecular complexity index is 870. The maximum absolute atomic E-state index is 13.6. The molecule has 0 saturated heterocycles. The van der Waals surface area contributed by atoms with Gasteiger partial charge in [0.25, 0.3) is 5.91 Å². The fourth-order valence-corrected chi connectivity index (χ4v) is 2.35. The van der Waals surface area contributed by atoms with Crippen LogP contribution in [0.2, 0.25) is 0 Å². The Morgan fingerprint density at radius 3 is 2.56 bits per heavy atom. The number of amides is 1. The van der Waals surface area contributed by atoms with Gasteiger partial charge in [0, 0.05) is 30.9 Å². The first-order valence-electron chi connectivity index (χ1n) is 7.77. The maximum atomic E-state index is 13.6. The molecule has 6 heteroatoms. The molecule has 1 amide bonds. The second-order valence-electron chi connectivity index (χ2n) is 5.43. The van der Waals surface area contributed by atoms with E-state index in [4.69, 9.17) is 0 Å². The summed E-state index contributed by atoms with van der Waals surface area (Å²) >= 11 is 0. The lowest BCUT2D eigenvalue weighted by Crippen LogP contribution is -2.25. The number of hydrogen-bond donors (Lipinski definition) is 1. The van der Waals surface area contributed by atoms with Crippen LogP contribution in [-0.4, -0.2) is 22.9 Å². The van der Waals surface area contributed by atoms with E-state index in [1.165, 1.54) is 12.4 Å². The largest absolute Gasteiger partial charge is 0.347 e.